The second kappa shape index (κ2) is 5.57. The molecule has 2 unspecified atom stereocenters. The number of piperidine rings is 1. The number of rotatable bonds is 2. The van der Waals surface area contributed by atoms with Crippen molar-refractivity contribution in [2.24, 2.45) is 5.92 Å². The molecule has 1 aliphatic rings. The highest BCUT2D eigenvalue weighted by atomic mass is 16.3. The lowest BCUT2D eigenvalue weighted by atomic mass is 9.92. The van der Waals surface area contributed by atoms with Crippen LogP contribution in [0.25, 0.3) is 0 Å². The second-order valence-electron chi connectivity index (χ2n) is 5.17. The number of H-pyrrole nitrogens is 1. The van der Waals surface area contributed by atoms with Gasteiger partial charge in [-0.15, -0.1) is 0 Å². The summed E-state index contributed by atoms with van der Waals surface area (Å²) >= 11 is 0. The standard InChI is InChI=1S/C14H20N2O3/c1-3-10-8-16(5-4-12(10)17)14(19)11-7-15-9(2)6-13(11)18/h6-7,10,12,17H,3-5,8H2,1-2H3,(H,15,18). The minimum absolute atomic E-state index is 0.0993. The summed E-state index contributed by atoms with van der Waals surface area (Å²) in [7, 11) is 0. The largest absolute Gasteiger partial charge is 0.393 e. The lowest BCUT2D eigenvalue weighted by Crippen LogP contribution is -2.46. The first-order valence-corrected chi connectivity index (χ1v) is 6.69. The third-order valence-electron chi connectivity index (χ3n) is 3.79. The minimum Gasteiger partial charge on any atom is -0.393 e. The number of carbonyl (C=O) groups is 1. The van der Waals surface area contributed by atoms with Gasteiger partial charge in [0, 0.05) is 37.0 Å². The number of aryl methyl sites for hydroxylation is 1. The number of hydrogen-bond acceptors (Lipinski definition) is 3. The van der Waals surface area contributed by atoms with Gasteiger partial charge in [0.05, 0.1) is 6.10 Å². The SMILES string of the molecule is CCC1CN(C(=O)c2c[nH]c(C)cc2=O)CCC1O. The molecule has 2 heterocycles. The van der Waals surface area contributed by atoms with E-state index < -0.39 is 0 Å². The monoisotopic (exact) mass is 264 g/mol. The van der Waals surface area contributed by atoms with Gasteiger partial charge in [-0.3, -0.25) is 9.59 Å². The summed E-state index contributed by atoms with van der Waals surface area (Å²) in [6.45, 7) is 4.80. The number of aliphatic hydroxyl groups excluding tert-OH is 1. The number of carbonyl (C=O) groups excluding carboxylic acids is 1. The molecule has 0 radical (unpaired) electrons. The predicted molar refractivity (Wildman–Crippen MR) is 72.1 cm³/mol. The van der Waals surface area contributed by atoms with Gasteiger partial charge in [-0.1, -0.05) is 6.92 Å². The summed E-state index contributed by atoms with van der Waals surface area (Å²) < 4.78 is 0. The Morgan fingerprint density at radius 3 is 2.95 bits per heavy atom. The van der Waals surface area contributed by atoms with Crippen LogP contribution in [0.3, 0.4) is 0 Å². The van der Waals surface area contributed by atoms with Gasteiger partial charge in [0.15, 0.2) is 5.43 Å². The van der Waals surface area contributed by atoms with Crippen LogP contribution in [0, 0.1) is 12.8 Å². The fourth-order valence-electron chi connectivity index (χ4n) is 2.52. The number of nitrogens with zero attached hydrogens (tertiary/aromatic N) is 1. The average Bonchev–Trinajstić information content (AvgIpc) is 2.38. The highest BCUT2D eigenvalue weighted by molar-refractivity contribution is 5.93. The Hall–Kier alpha value is -1.62. The molecule has 1 fully saturated rings. The fraction of sp³-hybridized carbons (Fsp3) is 0.571. The van der Waals surface area contributed by atoms with E-state index in [2.05, 4.69) is 4.98 Å². The summed E-state index contributed by atoms with van der Waals surface area (Å²) in [5.41, 5.74) is 0.666. The maximum atomic E-state index is 12.3. The zero-order chi connectivity index (χ0) is 14.0. The Bertz CT molecular complexity index is 524. The molecule has 0 aromatic carbocycles. The summed E-state index contributed by atoms with van der Waals surface area (Å²) in [5.74, 6) is -0.145. The molecule has 1 aromatic heterocycles. The summed E-state index contributed by atoms with van der Waals surface area (Å²) in [6, 6.07) is 1.43. The molecule has 2 rings (SSSR count). The van der Waals surface area contributed by atoms with Crippen molar-refractivity contribution in [3.63, 3.8) is 0 Å². The van der Waals surface area contributed by atoms with E-state index in [1.807, 2.05) is 6.92 Å². The number of aliphatic hydroxyl groups is 1. The minimum atomic E-state index is -0.342. The fourth-order valence-corrected chi connectivity index (χ4v) is 2.52. The van der Waals surface area contributed by atoms with Crippen molar-refractivity contribution in [1.29, 1.82) is 0 Å². The first kappa shape index (κ1) is 13.8. The van der Waals surface area contributed by atoms with E-state index in [1.165, 1.54) is 12.3 Å². The summed E-state index contributed by atoms with van der Waals surface area (Å²) in [4.78, 5) is 28.7. The molecule has 0 saturated carbocycles. The van der Waals surface area contributed by atoms with E-state index in [-0.39, 0.29) is 28.9 Å². The van der Waals surface area contributed by atoms with Crippen LogP contribution in [-0.4, -0.2) is 40.1 Å². The lowest BCUT2D eigenvalue weighted by molar-refractivity contribution is 0.0228. The number of amides is 1. The maximum absolute atomic E-state index is 12.3. The quantitative estimate of drug-likeness (QED) is 0.834. The van der Waals surface area contributed by atoms with Gasteiger partial charge in [-0.05, 0) is 19.8 Å². The maximum Gasteiger partial charge on any atom is 0.259 e. The van der Waals surface area contributed by atoms with E-state index in [4.69, 9.17) is 0 Å². The third-order valence-corrected chi connectivity index (χ3v) is 3.79. The van der Waals surface area contributed by atoms with Gasteiger partial charge in [0.25, 0.3) is 5.91 Å². The lowest BCUT2D eigenvalue weighted by Gasteiger charge is -2.35. The molecule has 1 aromatic rings. The van der Waals surface area contributed by atoms with E-state index in [0.29, 0.717) is 19.5 Å². The Kier molecular flexibility index (Phi) is 4.04. The molecular formula is C14H20N2O3. The number of aromatic amines is 1. The van der Waals surface area contributed by atoms with Crippen LogP contribution in [0.15, 0.2) is 17.1 Å². The van der Waals surface area contributed by atoms with E-state index in [1.54, 1.807) is 11.8 Å². The molecule has 1 amide bonds. The van der Waals surface area contributed by atoms with E-state index in [9.17, 15) is 14.7 Å². The molecule has 1 saturated heterocycles. The van der Waals surface area contributed by atoms with Crippen molar-refractivity contribution in [2.45, 2.75) is 32.8 Å². The van der Waals surface area contributed by atoms with Crippen LogP contribution in [-0.2, 0) is 0 Å². The average molecular weight is 264 g/mol. The Balaban J connectivity index is 2.18. The Morgan fingerprint density at radius 2 is 2.32 bits per heavy atom. The normalized spacial score (nSPS) is 23.4. The van der Waals surface area contributed by atoms with Crippen molar-refractivity contribution in [2.75, 3.05) is 13.1 Å². The van der Waals surface area contributed by atoms with Crippen molar-refractivity contribution in [3.8, 4) is 0 Å². The van der Waals surface area contributed by atoms with Gasteiger partial charge >= 0.3 is 0 Å². The summed E-state index contributed by atoms with van der Waals surface area (Å²) in [5, 5.41) is 9.82. The van der Waals surface area contributed by atoms with Crippen molar-refractivity contribution >= 4 is 5.91 Å². The number of nitrogens with one attached hydrogen (secondary N) is 1. The number of likely N-dealkylation sites (tertiary alicyclic amines) is 1. The van der Waals surface area contributed by atoms with Gasteiger partial charge in [-0.25, -0.2) is 0 Å². The van der Waals surface area contributed by atoms with Crippen LogP contribution in [0.5, 0.6) is 0 Å². The van der Waals surface area contributed by atoms with Crippen molar-refractivity contribution < 1.29 is 9.90 Å². The predicted octanol–water partition coefficient (Wildman–Crippen LogP) is 0.916. The van der Waals surface area contributed by atoms with Crippen LogP contribution >= 0.6 is 0 Å². The molecule has 5 heteroatoms. The zero-order valence-corrected chi connectivity index (χ0v) is 11.3. The molecule has 0 aliphatic carbocycles. The molecule has 2 N–H and O–H groups in total. The second-order valence-corrected chi connectivity index (χ2v) is 5.17. The molecule has 19 heavy (non-hydrogen) atoms. The third kappa shape index (κ3) is 2.87. The number of hydrogen-bond donors (Lipinski definition) is 2. The highest BCUT2D eigenvalue weighted by Gasteiger charge is 2.30. The van der Waals surface area contributed by atoms with Crippen LogP contribution in [0.4, 0.5) is 0 Å². The molecular weight excluding hydrogens is 244 g/mol. The van der Waals surface area contributed by atoms with Crippen molar-refractivity contribution in [3.05, 3.63) is 33.7 Å². The molecule has 2 atom stereocenters. The highest BCUT2D eigenvalue weighted by Crippen LogP contribution is 2.21. The first-order valence-electron chi connectivity index (χ1n) is 6.69. The Labute approximate surface area is 112 Å². The molecule has 0 bridgehead atoms. The van der Waals surface area contributed by atoms with Gasteiger partial charge in [0.1, 0.15) is 5.56 Å². The van der Waals surface area contributed by atoms with Gasteiger partial charge < -0.3 is 15.0 Å². The molecule has 5 nitrogen and oxygen atoms in total. The Morgan fingerprint density at radius 1 is 1.58 bits per heavy atom. The van der Waals surface area contributed by atoms with Crippen LogP contribution in [0.1, 0.15) is 35.8 Å². The van der Waals surface area contributed by atoms with Crippen LogP contribution in [0.2, 0.25) is 0 Å². The van der Waals surface area contributed by atoms with Gasteiger partial charge in [-0.2, -0.15) is 0 Å². The van der Waals surface area contributed by atoms with Crippen LogP contribution < -0.4 is 5.43 Å². The smallest absolute Gasteiger partial charge is 0.259 e. The molecule has 0 spiro atoms. The summed E-state index contributed by atoms with van der Waals surface area (Å²) in [6.07, 6.45) is 2.54. The zero-order valence-electron chi connectivity index (χ0n) is 11.3. The number of pyridine rings is 1. The first-order chi connectivity index (χ1) is 9.02. The topological polar surface area (TPSA) is 73.4 Å². The molecule has 104 valence electrons. The van der Waals surface area contributed by atoms with E-state index >= 15 is 0 Å². The van der Waals surface area contributed by atoms with Crippen molar-refractivity contribution in [1.82, 2.24) is 9.88 Å². The van der Waals surface area contributed by atoms with E-state index in [0.717, 1.165) is 12.1 Å². The molecule has 1 aliphatic heterocycles. The number of aromatic nitrogens is 1. The van der Waals surface area contributed by atoms with Gasteiger partial charge in [0.2, 0.25) is 0 Å².